The van der Waals surface area contributed by atoms with E-state index < -0.39 is 5.54 Å². The molecule has 1 amide bonds. The van der Waals surface area contributed by atoms with Crippen molar-refractivity contribution in [2.75, 3.05) is 6.54 Å². The lowest BCUT2D eigenvalue weighted by Crippen LogP contribution is -2.41. The molecule has 1 saturated heterocycles. The fourth-order valence-corrected chi connectivity index (χ4v) is 1.26. The summed E-state index contributed by atoms with van der Waals surface area (Å²) in [6, 6.07) is 0. The molecule has 0 aromatic heterocycles. The molecule has 0 bridgehead atoms. The maximum atomic E-state index is 10.5. The average molecular weight is 140 g/mol. The lowest BCUT2D eigenvalue weighted by atomic mass is 10.0. The van der Waals surface area contributed by atoms with Gasteiger partial charge < -0.3 is 9.69 Å². The minimum absolute atomic E-state index is 0.568. The third kappa shape index (κ3) is 0.916. The number of rotatable bonds is 2. The molecule has 10 heavy (non-hydrogen) atoms. The van der Waals surface area contributed by atoms with E-state index in [4.69, 9.17) is 0 Å². The van der Waals surface area contributed by atoms with Gasteiger partial charge in [0.1, 0.15) is 6.29 Å². The minimum Gasteiger partial charge on any atom is -0.322 e. The summed E-state index contributed by atoms with van der Waals surface area (Å²) in [6.45, 7) is 2.43. The minimum atomic E-state index is -0.568. The second-order valence-corrected chi connectivity index (χ2v) is 2.82. The maximum Gasteiger partial charge on any atom is 0.312 e. The van der Waals surface area contributed by atoms with Crippen LogP contribution < -0.4 is 0 Å². The first kappa shape index (κ1) is 7.25. The summed E-state index contributed by atoms with van der Waals surface area (Å²) in [5.41, 5.74) is -0.568. The Hall–Kier alpha value is -0.860. The van der Waals surface area contributed by atoms with Gasteiger partial charge in [-0.2, -0.15) is 0 Å². The molecule has 1 aliphatic heterocycles. The van der Waals surface area contributed by atoms with Crippen LogP contribution >= 0.6 is 0 Å². The fourth-order valence-electron chi connectivity index (χ4n) is 1.26. The Morgan fingerprint density at radius 1 is 1.70 bits per heavy atom. The summed E-state index contributed by atoms with van der Waals surface area (Å²) in [6.07, 6.45) is 4.26. The summed E-state index contributed by atoms with van der Waals surface area (Å²) in [5.74, 6) is 0. The Bertz CT molecular complexity index is 158. The average Bonchev–Trinajstić information content (AvgIpc) is 2.32. The number of likely N-dealkylation sites (tertiary alicyclic amines) is 1. The van der Waals surface area contributed by atoms with Gasteiger partial charge in [0.05, 0.1) is 5.54 Å². The number of nitrogens with zero attached hydrogens (tertiary/aromatic N) is 1. The van der Waals surface area contributed by atoms with Crippen LogP contribution in [0.5, 0.6) is 0 Å². The van der Waals surface area contributed by atoms with Crippen molar-refractivity contribution in [2.24, 2.45) is 0 Å². The third-order valence-electron chi connectivity index (χ3n) is 2.05. The molecule has 1 heterocycles. The third-order valence-corrected chi connectivity index (χ3v) is 2.05. The van der Waals surface area contributed by atoms with Crippen molar-refractivity contribution in [3.8, 4) is 0 Å². The van der Waals surface area contributed by atoms with E-state index in [2.05, 4.69) is 0 Å². The molecule has 1 rings (SSSR count). The summed E-state index contributed by atoms with van der Waals surface area (Å²) in [5, 5.41) is 0. The van der Waals surface area contributed by atoms with Crippen LogP contribution in [0.4, 0.5) is 0 Å². The van der Waals surface area contributed by atoms with Crippen LogP contribution in [-0.2, 0) is 9.59 Å². The van der Waals surface area contributed by atoms with Crippen molar-refractivity contribution in [2.45, 2.75) is 25.3 Å². The number of carbonyl (C=O) groups excluding carboxylic acids is 2. The van der Waals surface area contributed by atoms with Crippen LogP contribution in [-0.4, -0.2) is 29.7 Å². The summed E-state index contributed by atoms with van der Waals surface area (Å²) in [4.78, 5) is 22.1. The van der Waals surface area contributed by atoms with Crippen molar-refractivity contribution in [3.05, 3.63) is 0 Å². The first-order valence-corrected chi connectivity index (χ1v) is 3.35. The van der Waals surface area contributed by atoms with Crippen LogP contribution in [0, 0.1) is 0 Å². The molecule has 1 aliphatic rings. The van der Waals surface area contributed by atoms with Gasteiger partial charge in [-0.1, -0.05) is 0 Å². The topological polar surface area (TPSA) is 37.4 Å². The molecule has 0 aromatic rings. The Labute approximate surface area is 60.0 Å². The van der Waals surface area contributed by atoms with Gasteiger partial charge in [-0.05, 0) is 19.8 Å². The number of hydrogen-bond donors (Lipinski definition) is 0. The highest BCUT2D eigenvalue weighted by atomic mass is 16.1. The molecule has 3 heteroatoms. The van der Waals surface area contributed by atoms with Gasteiger partial charge in [0.15, 0.2) is 0 Å². The summed E-state index contributed by atoms with van der Waals surface area (Å²) < 4.78 is 0. The second-order valence-electron chi connectivity index (χ2n) is 2.82. The molecule has 0 N–H and O–H groups in total. The number of hydrogen-bond acceptors (Lipinski definition) is 2. The summed E-state index contributed by atoms with van der Waals surface area (Å²) >= 11 is 0. The van der Waals surface area contributed by atoms with Gasteiger partial charge in [-0.15, -0.1) is 0 Å². The van der Waals surface area contributed by atoms with Gasteiger partial charge in [0.2, 0.25) is 0 Å². The second kappa shape index (κ2) is 2.40. The Morgan fingerprint density at radius 2 is 2.40 bits per heavy atom. The molecular weight excluding hydrogens is 130 g/mol. The van der Waals surface area contributed by atoms with Crippen LogP contribution in [0.1, 0.15) is 19.8 Å². The van der Waals surface area contributed by atoms with E-state index in [1.54, 1.807) is 13.3 Å². The molecule has 1 fully saturated rings. The molecular formula is C7H10NO2. The van der Waals surface area contributed by atoms with E-state index in [-0.39, 0.29) is 0 Å². The van der Waals surface area contributed by atoms with Gasteiger partial charge in [0, 0.05) is 6.54 Å². The lowest BCUT2D eigenvalue weighted by molar-refractivity contribution is -0.114. The van der Waals surface area contributed by atoms with Gasteiger partial charge in [-0.25, -0.2) is 0 Å². The number of aldehydes is 1. The molecule has 0 aromatic carbocycles. The molecule has 1 atom stereocenters. The van der Waals surface area contributed by atoms with Crippen LogP contribution in [0.3, 0.4) is 0 Å². The molecule has 0 spiro atoms. The first-order valence-electron chi connectivity index (χ1n) is 3.35. The largest absolute Gasteiger partial charge is 0.322 e. The maximum absolute atomic E-state index is 10.5. The summed E-state index contributed by atoms with van der Waals surface area (Å²) in [7, 11) is 0. The Kier molecular flexibility index (Phi) is 1.74. The molecule has 1 radical (unpaired) electrons. The number of carbonyl (C=O) groups is 1. The van der Waals surface area contributed by atoms with Gasteiger partial charge >= 0.3 is 6.41 Å². The quantitative estimate of drug-likeness (QED) is 0.510. The first-order chi connectivity index (χ1) is 4.73. The van der Waals surface area contributed by atoms with Crippen LogP contribution in [0.25, 0.3) is 0 Å². The zero-order valence-corrected chi connectivity index (χ0v) is 5.96. The van der Waals surface area contributed by atoms with E-state index in [1.165, 1.54) is 4.90 Å². The Morgan fingerprint density at radius 3 is 2.80 bits per heavy atom. The number of amides is 1. The van der Waals surface area contributed by atoms with Gasteiger partial charge in [-0.3, -0.25) is 4.79 Å². The highest BCUT2D eigenvalue weighted by Crippen LogP contribution is 2.24. The Balaban J connectivity index is 2.74. The normalized spacial score (nSPS) is 32.3. The van der Waals surface area contributed by atoms with Crippen molar-refractivity contribution in [3.63, 3.8) is 0 Å². The van der Waals surface area contributed by atoms with Gasteiger partial charge in [0.25, 0.3) is 0 Å². The molecule has 55 valence electrons. The lowest BCUT2D eigenvalue weighted by Gasteiger charge is -2.24. The molecule has 0 aliphatic carbocycles. The van der Waals surface area contributed by atoms with Crippen LogP contribution in [0.15, 0.2) is 0 Å². The predicted molar refractivity (Wildman–Crippen MR) is 36.1 cm³/mol. The van der Waals surface area contributed by atoms with Crippen LogP contribution in [0.2, 0.25) is 0 Å². The van der Waals surface area contributed by atoms with Crippen molar-refractivity contribution in [1.29, 1.82) is 0 Å². The van der Waals surface area contributed by atoms with E-state index >= 15 is 0 Å². The zero-order valence-electron chi connectivity index (χ0n) is 5.96. The smallest absolute Gasteiger partial charge is 0.312 e. The van der Waals surface area contributed by atoms with E-state index in [1.807, 2.05) is 0 Å². The fraction of sp³-hybridized carbons (Fsp3) is 0.714. The zero-order chi connectivity index (χ0) is 7.61. The van der Waals surface area contributed by atoms with E-state index in [0.717, 1.165) is 19.1 Å². The highest BCUT2D eigenvalue weighted by Gasteiger charge is 2.35. The molecule has 0 saturated carbocycles. The van der Waals surface area contributed by atoms with Crippen molar-refractivity contribution >= 4 is 12.7 Å². The monoisotopic (exact) mass is 140 g/mol. The highest BCUT2D eigenvalue weighted by molar-refractivity contribution is 5.69. The molecule has 0 unspecified atom stereocenters. The molecule has 3 nitrogen and oxygen atoms in total. The standard InChI is InChI=1S/C7H10NO2/c1-7(5-9)3-2-4-8(7)6-10/h5H,2-4H2,1H3/t7-/m0/s1. The van der Waals surface area contributed by atoms with E-state index in [0.29, 0.717) is 6.54 Å². The van der Waals surface area contributed by atoms with Crippen molar-refractivity contribution < 1.29 is 9.59 Å². The SMILES string of the molecule is C[C@@]1(C=O)CCCN1[C]=O. The van der Waals surface area contributed by atoms with Crippen molar-refractivity contribution in [1.82, 2.24) is 4.90 Å². The predicted octanol–water partition coefficient (Wildman–Crippen LogP) is 0.107. The van der Waals surface area contributed by atoms with E-state index in [9.17, 15) is 9.59 Å².